The molecule has 5 nitrogen and oxygen atoms in total. The van der Waals surface area contributed by atoms with Gasteiger partial charge in [0.2, 0.25) is 0 Å². The van der Waals surface area contributed by atoms with E-state index in [1.54, 1.807) is 18.3 Å². The van der Waals surface area contributed by atoms with Gasteiger partial charge in [0.05, 0.1) is 5.56 Å². The number of carbonyl (C=O) groups is 1. The summed E-state index contributed by atoms with van der Waals surface area (Å²) in [6.07, 6.45) is 0.990. The first-order chi connectivity index (χ1) is 17.0. The minimum absolute atomic E-state index is 0.144. The minimum Gasteiger partial charge on any atom is -0.484 e. The fraction of sp³-hybridized carbons (Fsp3) is 0.357. The number of hydrogen-bond donors (Lipinski definition) is 1. The molecule has 0 aliphatic carbocycles. The lowest BCUT2D eigenvalue weighted by Gasteiger charge is -2.35. The van der Waals surface area contributed by atoms with Gasteiger partial charge in [0.15, 0.2) is 6.61 Å². The number of ether oxygens (including phenoxy) is 1. The third-order valence-corrected chi connectivity index (χ3v) is 6.79. The quantitative estimate of drug-likeness (QED) is 0.422. The van der Waals surface area contributed by atoms with Gasteiger partial charge < -0.3 is 9.84 Å². The molecule has 0 spiro atoms. The fourth-order valence-corrected chi connectivity index (χ4v) is 5.12. The third-order valence-electron chi connectivity index (χ3n) is 6.79. The summed E-state index contributed by atoms with van der Waals surface area (Å²) in [5.41, 5.74) is 7.19. The maximum atomic E-state index is 12.6. The van der Waals surface area contributed by atoms with E-state index in [0.29, 0.717) is 6.42 Å². The number of alkyl halides is 3. The van der Waals surface area contributed by atoms with Crippen LogP contribution in [0.25, 0.3) is 11.1 Å². The average Bonchev–Trinajstić information content (AvgIpc) is 2.81. The lowest BCUT2D eigenvalue weighted by atomic mass is 9.85. The van der Waals surface area contributed by atoms with E-state index in [4.69, 9.17) is 4.74 Å². The van der Waals surface area contributed by atoms with Crippen molar-refractivity contribution in [3.8, 4) is 16.9 Å². The minimum atomic E-state index is -4.38. The number of aromatic nitrogens is 1. The summed E-state index contributed by atoms with van der Waals surface area (Å²) < 4.78 is 42.6. The highest BCUT2D eigenvalue weighted by Crippen LogP contribution is 2.37. The highest BCUT2D eigenvalue weighted by atomic mass is 19.4. The Morgan fingerprint density at radius 2 is 1.89 bits per heavy atom. The Kier molecular flexibility index (Phi) is 7.36. The Balaban J connectivity index is 1.58. The molecule has 0 amide bonds. The normalized spacial score (nSPS) is 16.0. The van der Waals surface area contributed by atoms with Crippen molar-refractivity contribution < 1.29 is 27.8 Å². The molecule has 36 heavy (non-hydrogen) atoms. The van der Waals surface area contributed by atoms with Crippen LogP contribution in [0.15, 0.2) is 48.8 Å². The van der Waals surface area contributed by atoms with Gasteiger partial charge in [0, 0.05) is 25.0 Å². The first kappa shape index (κ1) is 25.7. The van der Waals surface area contributed by atoms with Gasteiger partial charge in [-0.25, -0.2) is 4.79 Å². The van der Waals surface area contributed by atoms with E-state index < -0.39 is 18.8 Å². The Morgan fingerprint density at radius 3 is 2.56 bits per heavy atom. The van der Waals surface area contributed by atoms with Crippen LogP contribution in [0.5, 0.6) is 5.75 Å². The molecule has 1 aliphatic rings. The molecule has 190 valence electrons. The average molecular weight is 499 g/mol. The van der Waals surface area contributed by atoms with E-state index >= 15 is 0 Å². The molecular formula is C28H29F3N2O3. The smallest absolute Gasteiger partial charge is 0.422 e. The summed E-state index contributed by atoms with van der Waals surface area (Å²) in [6.45, 7) is 3.33. The molecule has 2 heterocycles. The number of benzene rings is 2. The molecule has 0 saturated heterocycles. The Hall–Kier alpha value is -3.39. The highest BCUT2D eigenvalue weighted by molar-refractivity contribution is 5.89. The van der Waals surface area contributed by atoms with Crippen LogP contribution >= 0.6 is 0 Å². The number of pyridine rings is 1. The molecule has 3 aromatic rings. The van der Waals surface area contributed by atoms with Gasteiger partial charge in [-0.3, -0.25) is 9.88 Å². The van der Waals surface area contributed by atoms with Crippen LogP contribution in [0.1, 0.15) is 50.6 Å². The summed E-state index contributed by atoms with van der Waals surface area (Å²) in [5.74, 6) is -0.739. The predicted molar refractivity (Wildman–Crippen MR) is 131 cm³/mol. The van der Waals surface area contributed by atoms with Crippen molar-refractivity contribution in [3.05, 3.63) is 82.2 Å². The van der Waals surface area contributed by atoms with E-state index in [1.165, 1.54) is 23.4 Å². The highest BCUT2D eigenvalue weighted by Gasteiger charge is 2.29. The lowest BCUT2D eigenvalue weighted by Crippen LogP contribution is -2.32. The van der Waals surface area contributed by atoms with E-state index in [-0.39, 0.29) is 17.4 Å². The van der Waals surface area contributed by atoms with Crippen molar-refractivity contribution >= 4 is 5.97 Å². The molecule has 0 radical (unpaired) electrons. The largest absolute Gasteiger partial charge is 0.484 e. The second kappa shape index (κ2) is 10.3. The SMILES string of the molecule is Cc1cc(OCC(F)(F)F)cc(C)c1-c1ccc2c(c1)CCN(C)[C@@H]2CCc1cnccc1C(=O)O. The number of carboxylic acids is 1. The molecule has 4 rings (SSSR count). The van der Waals surface area contributed by atoms with Crippen molar-refractivity contribution in [1.29, 1.82) is 0 Å². The Labute approximate surface area is 208 Å². The van der Waals surface area contributed by atoms with Crippen molar-refractivity contribution in [1.82, 2.24) is 9.88 Å². The number of hydrogen-bond acceptors (Lipinski definition) is 4. The Morgan fingerprint density at radius 1 is 1.17 bits per heavy atom. The molecule has 1 aromatic heterocycles. The number of nitrogens with zero attached hydrogens (tertiary/aromatic N) is 2. The number of likely N-dealkylation sites (N-methyl/N-ethyl adjacent to an activating group) is 1. The topological polar surface area (TPSA) is 62.7 Å². The van der Waals surface area contributed by atoms with Gasteiger partial charge in [0.25, 0.3) is 0 Å². The maximum absolute atomic E-state index is 12.6. The van der Waals surface area contributed by atoms with Gasteiger partial charge in [-0.2, -0.15) is 13.2 Å². The molecule has 1 N–H and O–H groups in total. The van der Waals surface area contributed by atoms with Crippen LogP contribution in [-0.4, -0.2) is 47.3 Å². The zero-order chi connectivity index (χ0) is 26.0. The van der Waals surface area contributed by atoms with Gasteiger partial charge in [-0.15, -0.1) is 0 Å². The van der Waals surface area contributed by atoms with Crippen molar-refractivity contribution in [2.24, 2.45) is 0 Å². The van der Waals surface area contributed by atoms with Gasteiger partial charge >= 0.3 is 12.1 Å². The van der Waals surface area contributed by atoms with E-state index in [9.17, 15) is 23.1 Å². The summed E-state index contributed by atoms with van der Waals surface area (Å²) in [7, 11) is 2.08. The predicted octanol–water partition coefficient (Wildman–Crippen LogP) is 6.17. The number of aromatic carboxylic acids is 1. The second-order valence-electron chi connectivity index (χ2n) is 9.37. The van der Waals surface area contributed by atoms with E-state index in [2.05, 4.69) is 35.1 Å². The maximum Gasteiger partial charge on any atom is 0.422 e. The monoisotopic (exact) mass is 498 g/mol. The Bertz CT molecular complexity index is 1250. The number of carboxylic acid groups (broad SMARTS) is 1. The van der Waals surface area contributed by atoms with Gasteiger partial charge in [-0.05, 0) is 97.3 Å². The summed E-state index contributed by atoms with van der Waals surface area (Å²) in [4.78, 5) is 18.0. The van der Waals surface area contributed by atoms with Crippen molar-refractivity contribution in [2.75, 3.05) is 20.2 Å². The molecule has 2 aromatic carbocycles. The standard InChI is InChI=1S/C28H29F3N2O3/c1-17-12-22(36-16-28(29,30)31)13-18(2)26(17)20-4-6-23-19(14-20)9-11-33(3)25(23)7-5-21-15-32-10-8-24(21)27(34)35/h4,6,8,10,12-15,25H,5,7,9,11,16H2,1-3H3,(H,34,35)/t25-/m1/s1. The van der Waals surface area contributed by atoms with Crippen molar-refractivity contribution in [2.45, 2.75) is 45.3 Å². The van der Waals surface area contributed by atoms with Gasteiger partial charge in [-0.1, -0.05) is 18.2 Å². The molecular weight excluding hydrogens is 469 g/mol. The van der Waals surface area contributed by atoms with Crippen molar-refractivity contribution in [3.63, 3.8) is 0 Å². The number of fused-ring (bicyclic) bond motifs is 1. The second-order valence-corrected chi connectivity index (χ2v) is 9.37. The van der Waals surface area contributed by atoms with Crippen LogP contribution in [-0.2, 0) is 12.8 Å². The van der Waals surface area contributed by atoms with Crippen LogP contribution in [0.4, 0.5) is 13.2 Å². The van der Waals surface area contributed by atoms with Crippen LogP contribution in [0.2, 0.25) is 0 Å². The summed E-state index contributed by atoms with van der Waals surface area (Å²) >= 11 is 0. The number of aryl methyl sites for hydroxylation is 3. The zero-order valence-corrected chi connectivity index (χ0v) is 20.5. The fourth-order valence-electron chi connectivity index (χ4n) is 5.12. The number of halogens is 3. The number of rotatable bonds is 7. The third kappa shape index (κ3) is 5.70. The summed E-state index contributed by atoms with van der Waals surface area (Å²) in [6, 6.07) is 11.3. The molecule has 0 fully saturated rings. The van der Waals surface area contributed by atoms with Crippen LogP contribution < -0.4 is 4.74 Å². The van der Waals surface area contributed by atoms with Gasteiger partial charge in [0.1, 0.15) is 5.75 Å². The first-order valence-corrected chi connectivity index (χ1v) is 11.8. The lowest BCUT2D eigenvalue weighted by molar-refractivity contribution is -0.153. The summed E-state index contributed by atoms with van der Waals surface area (Å²) in [5, 5.41) is 9.48. The first-order valence-electron chi connectivity index (χ1n) is 11.8. The molecule has 1 atom stereocenters. The molecule has 0 saturated carbocycles. The van der Waals surface area contributed by atoms with E-state index in [0.717, 1.165) is 47.2 Å². The molecule has 8 heteroatoms. The molecule has 0 bridgehead atoms. The van der Waals surface area contributed by atoms with Crippen LogP contribution in [0, 0.1) is 13.8 Å². The van der Waals surface area contributed by atoms with Crippen LogP contribution in [0.3, 0.4) is 0 Å². The molecule has 0 unspecified atom stereocenters. The van der Waals surface area contributed by atoms with E-state index in [1.807, 2.05) is 13.8 Å². The molecule has 1 aliphatic heterocycles. The zero-order valence-electron chi connectivity index (χ0n) is 20.5.